The lowest BCUT2D eigenvalue weighted by molar-refractivity contribution is -0.193. The lowest BCUT2D eigenvalue weighted by Crippen LogP contribution is -2.73. The van der Waals surface area contributed by atoms with Crippen LogP contribution in [0.15, 0.2) is 23.3 Å². The first-order valence-electron chi connectivity index (χ1n) is 7.70. The number of Topliss-reactive ketones (excluding diaryl/α,β-unsaturated/α-hetero) is 1. The predicted octanol–water partition coefficient (Wildman–Crippen LogP) is 0.966. The minimum atomic E-state index is -1.95. The Morgan fingerprint density at radius 3 is 2.52 bits per heavy atom. The van der Waals surface area contributed by atoms with Crippen LogP contribution in [0.3, 0.4) is 0 Å². The summed E-state index contributed by atoms with van der Waals surface area (Å²) in [5, 5.41) is 31.7. The molecule has 0 radical (unpaired) electrons. The highest BCUT2D eigenvalue weighted by Crippen LogP contribution is 2.65. The molecule has 3 aliphatic carbocycles. The molecule has 0 spiro atoms. The fourth-order valence-corrected chi connectivity index (χ4v) is 4.49. The molecule has 1 heterocycles. The fraction of sp³-hybridized carbons (Fsp3) is 0.647. The fourth-order valence-electron chi connectivity index (χ4n) is 4.49. The van der Waals surface area contributed by atoms with Gasteiger partial charge in [-0.3, -0.25) is 4.79 Å². The van der Waals surface area contributed by atoms with E-state index in [1.54, 1.807) is 19.9 Å². The highest BCUT2D eigenvalue weighted by Gasteiger charge is 2.81. The third kappa shape index (κ3) is 1.74. The number of ether oxygens (including phenoxy) is 1. The molecule has 4 atom stereocenters. The molecule has 6 heteroatoms. The number of hydrogen-bond acceptors (Lipinski definition) is 5. The summed E-state index contributed by atoms with van der Waals surface area (Å²) in [7, 11) is 0. The van der Waals surface area contributed by atoms with Crippen LogP contribution in [0.1, 0.15) is 40.5 Å². The zero-order chi connectivity index (χ0) is 17.4. The first kappa shape index (κ1) is 16.4. The Bertz CT molecular complexity index is 671. The second-order valence-corrected chi connectivity index (χ2v) is 7.66. The minimum Gasteiger partial charge on any atom is -0.478 e. The van der Waals surface area contributed by atoms with Gasteiger partial charge in [-0.25, -0.2) is 4.79 Å². The van der Waals surface area contributed by atoms with Gasteiger partial charge < -0.3 is 20.1 Å². The summed E-state index contributed by atoms with van der Waals surface area (Å²) in [5.41, 5.74) is -5.99. The van der Waals surface area contributed by atoms with Gasteiger partial charge in [0.15, 0.2) is 5.60 Å². The van der Waals surface area contributed by atoms with Crippen molar-refractivity contribution in [2.75, 3.05) is 0 Å². The summed E-state index contributed by atoms with van der Waals surface area (Å²) in [5.74, 6) is -2.68. The number of carboxylic acid groups (broad SMARTS) is 1. The molecule has 0 aromatic heterocycles. The molecule has 0 aromatic rings. The largest absolute Gasteiger partial charge is 0.478 e. The first-order valence-corrected chi connectivity index (χ1v) is 7.70. The van der Waals surface area contributed by atoms with E-state index in [2.05, 4.69) is 0 Å². The van der Waals surface area contributed by atoms with E-state index in [0.717, 1.165) is 11.6 Å². The smallest absolute Gasteiger partial charge is 0.334 e. The Morgan fingerprint density at radius 2 is 2.00 bits per heavy atom. The Labute approximate surface area is 134 Å². The maximum absolute atomic E-state index is 13.0. The molecule has 1 saturated heterocycles. The number of rotatable bonds is 3. The lowest BCUT2D eigenvalue weighted by Gasteiger charge is -2.54. The van der Waals surface area contributed by atoms with Crippen LogP contribution in [0.25, 0.3) is 0 Å². The molecule has 4 bridgehead atoms. The van der Waals surface area contributed by atoms with Crippen molar-refractivity contribution in [3.05, 3.63) is 23.3 Å². The van der Waals surface area contributed by atoms with Crippen LogP contribution < -0.4 is 0 Å². The summed E-state index contributed by atoms with van der Waals surface area (Å²) in [6.45, 7) is 7.12. The molecular formula is C17H22O6. The molecule has 23 heavy (non-hydrogen) atoms. The van der Waals surface area contributed by atoms with E-state index in [9.17, 15) is 24.9 Å². The van der Waals surface area contributed by atoms with Crippen molar-refractivity contribution in [2.45, 2.75) is 62.9 Å². The van der Waals surface area contributed by atoms with Crippen LogP contribution >= 0.6 is 0 Å². The number of allylic oxidation sites excluding steroid dienone is 1. The van der Waals surface area contributed by atoms with Gasteiger partial charge in [0, 0.05) is 12.3 Å². The Balaban J connectivity index is 2.30. The first-order chi connectivity index (χ1) is 10.4. The molecule has 6 nitrogen and oxygen atoms in total. The molecule has 126 valence electrons. The van der Waals surface area contributed by atoms with Crippen molar-refractivity contribution in [1.29, 1.82) is 0 Å². The second-order valence-electron chi connectivity index (χ2n) is 7.66. The molecular weight excluding hydrogens is 300 g/mol. The van der Waals surface area contributed by atoms with Crippen molar-refractivity contribution < 1.29 is 29.6 Å². The summed E-state index contributed by atoms with van der Waals surface area (Å²) in [6.07, 6.45) is 2.72. The van der Waals surface area contributed by atoms with Gasteiger partial charge in [0.25, 0.3) is 0 Å². The number of aliphatic carboxylic acids is 1. The number of carbonyl (C=O) groups is 2. The van der Waals surface area contributed by atoms with Crippen molar-refractivity contribution in [2.24, 2.45) is 5.92 Å². The highest BCUT2D eigenvalue weighted by atomic mass is 16.6. The maximum atomic E-state index is 13.0. The van der Waals surface area contributed by atoms with Gasteiger partial charge >= 0.3 is 5.97 Å². The molecule has 0 amide bonds. The van der Waals surface area contributed by atoms with Crippen molar-refractivity contribution in [1.82, 2.24) is 0 Å². The number of carboxylic acids is 1. The summed E-state index contributed by atoms with van der Waals surface area (Å²) < 4.78 is 6.00. The zero-order valence-corrected chi connectivity index (χ0v) is 13.7. The lowest BCUT2D eigenvalue weighted by atomic mass is 9.51. The maximum Gasteiger partial charge on any atom is 0.334 e. The van der Waals surface area contributed by atoms with E-state index in [0.29, 0.717) is 0 Å². The highest BCUT2D eigenvalue weighted by molar-refractivity contribution is 6.07. The number of carbonyl (C=O) groups excluding carboxylic acids is 1. The molecule has 1 aliphatic heterocycles. The number of aliphatic hydroxyl groups is 2. The van der Waals surface area contributed by atoms with E-state index in [4.69, 9.17) is 4.74 Å². The predicted molar refractivity (Wildman–Crippen MR) is 80.7 cm³/mol. The van der Waals surface area contributed by atoms with E-state index in [1.165, 1.54) is 0 Å². The number of ketones is 1. The van der Waals surface area contributed by atoms with E-state index < -0.39 is 40.1 Å². The molecule has 0 unspecified atom stereocenters. The van der Waals surface area contributed by atoms with Gasteiger partial charge in [-0.15, -0.1) is 0 Å². The molecule has 0 aromatic carbocycles. The van der Waals surface area contributed by atoms with Gasteiger partial charge in [0.05, 0.1) is 11.2 Å². The van der Waals surface area contributed by atoms with Crippen molar-refractivity contribution in [3.63, 3.8) is 0 Å². The SMILES string of the molecule is CC(C)=CC[C@]12OC(C)(C)[C@H]3C[C@@](O)(C=C(C(=O)O)[C@@]31O)C2=O. The molecule has 4 rings (SSSR count). The molecule has 4 aliphatic rings. The third-order valence-corrected chi connectivity index (χ3v) is 5.49. The van der Waals surface area contributed by atoms with Crippen LogP contribution in [-0.2, 0) is 14.3 Å². The summed E-state index contributed by atoms with van der Waals surface area (Å²) >= 11 is 0. The molecule has 2 fully saturated rings. The standard InChI is InChI=1S/C17H22O6/c1-9(2)5-6-16-13(20)15(21)7-10(12(18)19)17(16,22)11(8-15)14(3,4)23-16/h5,7,11,21-22H,6,8H2,1-4H3,(H,18,19)/t11-,15+,16-,17-/m1/s1. The van der Waals surface area contributed by atoms with Crippen LogP contribution in [-0.4, -0.2) is 49.5 Å². The van der Waals surface area contributed by atoms with Gasteiger partial charge in [-0.1, -0.05) is 11.6 Å². The van der Waals surface area contributed by atoms with Gasteiger partial charge in [0.2, 0.25) is 5.78 Å². The monoisotopic (exact) mass is 322 g/mol. The molecule has 3 N–H and O–H groups in total. The summed E-state index contributed by atoms with van der Waals surface area (Å²) in [6, 6.07) is 0. The summed E-state index contributed by atoms with van der Waals surface area (Å²) in [4.78, 5) is 24.6. The van der Waals surface area contributed by atoms with E-state index in [-0.39, 0.29) is 18.4 Å². The van der Waals surface area contributed by atoms with Crippen LogP contribution in [0, 0.1) is 5.92 Å². The van der Waals surface area contributed by atoms with Crippen LogP contribution in [0.5, 0.6) is 0 Å². The van der Waals surface area contributed by atoms with Gasteiger partial charge in [0.1, 0.15) is 11.2 Å². The number of hydrogen-bond donors (Lipinski definition) is 3. The van der Waals surface area contributed by atoms with Gasteiger partial charge in [-0.05, 0) is 40.2 Å². The zero-order valence-electron chi connectivity index (χ0n) is 13.7. The van der Waals surface area contributed by atoms with Gasteiger partial charge in [-0.2, -0.15) is 0 Å². The minimum absolute atomic E-state index is 0.0253. The Kier molecular flexibility index (Phi) is 3.07. The van der Waals surface area contributed by atoms with Crippen LogP contribution in [0.4, 0.5) is 0 Å². The topological polar surface area (TPSA) is 104 Å². The molecule has 1 saturated carbocycles. The average Bonchev–Trinajstić information content (AvgIpc) is 2.56. The van der Waals surface area contributed by atoms with E-state index >= 15 is 0 Å². The Hall–Kier alpha value is -1.50. The van der Waals surface area contributed by atoms with Crippen molar-refractivity contribution in [3.8, 4) is 0 Å². The van der Waals surface area contributed by atoms with Crippen molar-refractivity contribution >= 4 is 11.8 Å². The normalized spacial score (nSPS) is 43.3. The average molecular weight is 322 g/mol. The van der Waals surface area contributed by atoms with E-state index in [1.807, 2.05) is 13.8 Å². The third-order valence-electron chi connectivity index (χ3n) is 5.49. The van der Waals surface area contributed by atoms with Crippen LogP contribution in [0.2, 0.25) is 0 Å². The second kappa shape index (κ2) is 4.32. The quantitative estimate of drug-likeness (QED) is 0.669. The Morgan fingerprint density at radius 1 is 1.39 bits per heavy atom.